The van der Waals surface area contributed by atoms with Crippen LogP contribution in [0.5, 0.6) is 0 Å². The zero-order valence-electron chi connectivity index (χ0n) is 12.0. The minimum atomic E-state index is -0.641. The zero-order valence-corrected chi connectivity index (χ0v) is 12.0. The Hall–Kier alpha value is -1.36. The lowest BCUT2D eigenvalue weighted by molar-refractivity contribution is -0.138. The van der Waals surface area contributed by atoms with Crippen LogP contribution in [0.25, 0.3) is 0 Å². The second-order valence-corrected chi connectivity index (χ2v) is 6.25. The Bertz CT molecular complexity index is 471. The molecule has 2 unspecified atom stereocenters. The topological polar surface area (TPSA) is 58.4 Å². The van der Waals surface area contributed by atoms with Crippen LogP contribution in [0.3, 0.4) is 0 Å². The molecule has 2 bridgehead atoms. The third kappa shape index (κ3) is 2.73. The van der Waals surface area contributed by atoms with Crippen molar-refractivity contribution in [3.05, 3.63) is 18.0 Å². The Labute approximate surface area is 119 Å². The SMILES string of the molecule is Cn1nccc1CCN1C2CCC1CC(CC(=O)O)C2. The molecule has 5 nitrogen and oxygen atoms in total. The molecule has 3 rings (SSSR count). The van der Waals surface area contributed by atoms with Gasteiger partial charge in [-0.05, 0) is 37.7 Å². The van der Waals surface area contributed by atoms with Gasteiger partial charge in [0.2, 0.25) is 0 Å². The lowest BCUT2D eigenvalue weighted by atomic mass is 9.88. The fraction of sp³-hybridized carbons (Fsp3) is 0.733. The Kier molecular flexibility index (Phi) is 3.78. The van der Waals surface area contributed by atoms with E-state index in [4.69, 9.17) is 5.11 Å². The summed E-state index contributed by atoms with van der Waals surface area (Å²) >= 11 is 0. The van der Waals surface area contributed by atoms with Crippen LogP contribution in [0.2, 0.25) is 0 Å². The molecule has 0 amide bonds. The number of piperidine rings is 1. The molecule has 2 aliphatic rings. The van der Waals surface area contributed by atoms with E-state index in [1.54, 1.807) is 0 Å². The smallest absolute Gasteiger partial charge is 0.303 e. The minimum absolute atomic E-state index is 0.350. The average molecular weight is 277 g/mol. The van der Waals surface area contributed by atoms with Gasteiger partial charge in [-0.25, -0.2) is 0 Å². The first-order valence-corrected chi connectivity index (χ1v) is 7.58. The maximum Gasteiger partial charge on any atom is 0.303 e. The summed E-state index contributed by atoms with van der Waals surface area (Å²) in [7, 11) is 1.99. The Morgan fingerprint density at radius 1 is 1.40 bits per heavy atom. The molecule has 110 valence electrons. The monoisotopic (exact) mass is 277 g/mol. The van der Waals surface area contributed by atoms with Gasteiger partial charge in [0.25, 0.3) is 0 Å². The summed E-state index contributed by atoms with van der Waals surface area (Å²) < 4.78 is 1.94. The first kappa shape index (κ1) is 13.6. The summed E-state index contributed by atoms with van der Waals surface area (Å²) in [6.07, 6.45) is 7.85. The summed E-state index contributed by atoms with van der Waals surface area (Å²) in [4.78, 5) is 13.5. The highest BCUT2D eigenvalue weighted by molar-refractivity contribution is 5.67. The molecule has 0 aliphatic carbocycles. The van der Waals surface area contributed by atoms with Crippen LogP contribution in [0.15, 0.2) is 12.3 Å². The van der Waals surface area contributed by atoms with Crippen molar-refractivity contribution in [1.29, 1.82) is 0 Å². The van der Waals surface area contributed by atoms with Crippen LogP contribution in [0.1, 0.15) is 37.8 Å². The summed E-state index contributed by atoms with van der Waals surface area (Å²) in [6, 6.07) is 3.29. The summed E-state index contributed by atoms with van der Waals surface area (Å²) in [6.45, 7) is 1.08. The van der Waals surface area contributed by atoms with E-state index in [2.05, 4.69) is 16.1 Å². The normalized spacial score (nSPS) is 29.8. The number of aryl methyl sites for hydroxylation is 1. The fourth-order valence-corrected chi connectivity index (χ4v) is 4.06. The van der Waals surface area contributed by atoms with Crippen molar-refractivity contribution in [3.63, 3.8) is 0 Å². The molecule has 5 heteroatoms. The Morgan fingerprint density at radius 2 is 2.10 bits per heavy atom. The number of aromatic nitrogens is 2. The number of aliphatic carboxylic acids is 1. The van der Waals surface area contributed by atoms with Crippen LogP contribution in [0, 0.1) is 5.92 Å². The van der Waals surface area contributed by atoms with E-state index < -0.39 is 5.97 Å². The number of fused-ring (bicyclic) bond motifs is 2. The molecule has 1 aromatic rings. The van der Waals surface area contributed by atoms with E-state index in [1.165, 1.54) is 18.5 Å². The Morgan fingerprint density at radius 3 is 2.65 bits per heavy atom. The lowest BCUT2D eigenvalue weighted by Gasteiger charge is -2.38. The van der Waals surface area contributed by atoms with Gasteiger partial charge >= 0.3 is 5.97 Å². The molecule has 0 aromatic carbocycles. The van der Waals surface area contributed by atoms with Crippen molar-refractivity contribution in [3.8, 4) is 0 Å². The highest BCUT2D eigenvalue weighted by Crippen LogP contribution is 2.39. The van der Waals surface area contributed by atoms with Gasteiger partial charge in [-0.1, -0.05) is 0 Å². The number of carbonyl (C=O) groups is 1. The minimum Gasteiger partial charge on any atom is -0.481 e. The molecule has 2 saturated heterocycles. The molecule has 1 N–H and O–H groups in total. The van der Waals surface area contributed by atoms with Crippen molar-refractivity contribution in [2.24, 2.45) is 13.0 Å². The quantitative estimate of drug-likeness (QED) is 0.889. The van der Waals surface area contributed by atoms with Crippen LogP contribution in [-0.2, 0) is 18.3 Å². The van der Waals surface area contributed by atoms with E-state index in [-0.39, 0.29) is 0 Å². The van der Waals surface area contributed by atoms with Crippen LogP contribution < -0.4 is 0 Å². The molecule has 20 heavy (non-hydrogen) atoms. The van der Waals surface area contributed by atoms with Crippen molar-refractivity contribution < 1.29 is 9.90 Å². The molecule has 0 radical (unpaired) electrons. The third-order valence-corrected chi connectivity index (χ3v) is 4.99. The standard InChI is InChI=1S/C15H23N3O2/c1-17-12(4-6-16-17)5-7-18-13-2-3-14(18)9-11(8-13)10-15(19)20/h4,6,11,13-14H,2-3,5,7-10H2,1H3,(H,19,20). The zero-order chi connectivity index (χ0) is 14.1. The largest absolute Gasteiger partial charge is 0.481 e. The van der Waals surface area contributed by atoms with E-state index in [0.29, 0.717) is 24.4 Å². The molecular formula is C15H23N3O2. The lowest BCUT2D eigenvalue weighted by Crippen LogP contribution is -2.44. The summed E-state index contributed by atoms with van der Waals surface area (Å²) in [5.74, 6) is -0.254. The first-order chi connectivity index (χ1) is 9.63. The van der Waals surface area contributed by atoms with Crippen LogP contribution >= 0.6 is 0 Å². The predicted octanol–water partition coefficient (Wildman–Crippen LogP) is 1.68. The van der Waals surface area contributed by atoms with Crippen LogP contribution in [-0.4, -0.2) is 44.4 Å². The highest BCUT2D eigenvalue weighted by atomic mass is 16.4. The second-order valence-electron chi connectivity index (χ2n) is 6.25. The van der Waals surface area contributed by atoms with E-state index >= 15 is 0 Å². The number of rotatable bonds is 5. The maximum absolute atomic E-state index is 10.9. The van der Waals surface area contributed by atoms with Gasteiger partial charge in [0.15, 0.2) is 0 Å². The average Bonchev–Trinajstić information content (AvgIpc) is 2.88. The van der Waals surface area contributed by atoms with Gasteiger partial charge in [-0.15, -0.1) is 0 Å². The van der Waals surface area contributed by atoms with Crippen molar-refractivity contribution in [2.75, 3.05) is 6.54 Å². The molecule has 0 spiro atoms. The van der Waals surface area contributed by atoms with E-state index in [0.717, 1.165) is 25.8 Å². The predicted molar refractivity (Wildman–Crippen MR) is 75.4 cm³/mol. The third-order valence-electron chi connectivity index (χ3n) is 4.99. The molecule has 2 atom stereocenters. The van der Waals surface area contributed by atoms with Crippen LogP contribution in [0.4, 0.5) is 0 Å². The molecular weight excluding hydrogens is 254 g/mol. The van der Waals surface area contributed by atoms with Crippen molar-refractivity contribution >= 4 is 5.97 Å². The molecule has 3 heterocycles. The number of carboxylic acid groups (broad SMARTS) is 1. The van der Waals surface area contributed by atoms with E-state index in [9.17, 15) is 4.79 Å². The van der Waals surface area contributed by atoms with Gasteiger partial charge in [0.1, 0.15) is 0 Å². The molecule has 0 saturated carbocycles. The van der Waals surface area contributed by atoms with E-state index in [1.807, 2.05) is 17.9 Å². The number of carboxylic acids is 1. The maximum atomic E-state index is 10.9. The highest BCUT2D eigenvalue weighted by Gasteiger charge is 2.40. The van der Waals surface area contributed by atoms with Crippen molar-refractivity contribution in [1.82, 2.24) is 14.7 Å². The first-order valence-electron chi connectivity index (χ1n) is 7.58. The summed E-state index contributed by atoms with van der Waals surface area (Å²) in [5, 5.41) is 13.2. The van der Waals surface area contributed by atoms with Gasteiger partial charge in [-0.2, -0.15) is 5.10 Å². The number of nitrogens with zero attached hydrogens (tertiary/aromatic N) is 3. The fourth-order valence-electron chi connectivity index (χ4n) is 4.06. The summed E-state index contributed by atoms with van der Waals surface area (Å²) in [5.41, 5.74) is 1.28. The number of hydrogen-bond acceptors (Lipinski definition) is 3. The molecule has 1 aromatic heterocycles. The van der Waals surface area contributed by atoms with Gasteiger partial charge in [0.05, 0.1) is 0 Å². The van der Waals surface area contributed by atoms with Crippen molar-refractivity contribution in [2.45, 2.75) is 50.6 Å². The molecule has 2 fully saturated rings. The molecule has 2 aliphatic heterocycles. The van der Waals surface area contributed by atoms with Gasteiger partial charge in [-0.3, -0.25) is 14.4 Å². The van der Waals surface area contributed by atoms with Gasteiger partial charge in [0, 0.05) is 50.4 Å². The second kappa shape index (κ2) is 5.56. The Balaban J connectivity index is 1.57. The van der Waals surface area contributed by atoms with Gasteiger partial charge < -0.3 is 5.11 Å². The number of hydrogen-bond donors (Lipinski definition) is 1.